The molecule has 0 N–H and O–H groups in total. The molecule has 1 heterocycles. The first kappa shape index (κ1) is 14.7. The molecule has 0 radical (unpaired) electrons. The molecule has 1 aliphatic rings. The van der Waals surface area contributed by atoms with Crippen LogP contribution in [0, 0.1) is 5.92 Å². The SMILES string of the molecule is O=C1[C@@H](Cc2ccccc2)[C@@H](c2ccccc2)N1c1ccccc1. The molecule has 118 valence electrons. The molecule has 2 nitrogen and oxygen atoms in total. The topological polar surface area (TPSA) is 20.3 Å². The average molecular weight is 313 g/mol. The van der Waals surface area contributed by atoms with E-state index in [1.165, 1.54) is 11.1 Å². The molecule has 0 saturated carbocycles. The number of β-lactam (4-membered cyclic amide) rings is 1. The van der Waals surface area contributed by atoms with Crippen molar-refractivity contribution in [2.75, 3.05) is 4.90 Å². The normalized spacial score (nSPS) is 19.8. The third-order valence-electron chi connectivity index (χ3n) is 4.69. The van der Waals surface area contributed by atoms with Crippen LogP contribution in [0.2, 0.25) is 0 Å². The van der Waals surface area contributed by atoms with Crippen LogP contribution in [0.1, 0.15) is 17.2 Å². The quantitative estimate of drug-likeness (QED) is 0.643. The van der Waals surface area contributed by atoms with Gasteiger partial charge in [-0.1, -0.05) is 78.9 Å². The fraction of sp³-hybridized carbons (Fsp3) is 0.136. The zero-order valence-corrected chi connectivity index (χ0v) is 13.4. The summed E-state index contributed by atoms with van der Waals surface area (Å²) < 4.78 is 0. The molecule has 0 aliphatic carbocycles. The molecule has 2 heteroatoms. The predicted octanol–water partition coefficient (Wildman–Crippen LogP) is 4.63. The smallest absolute Gasteiger partial charge is 0.233 e. The van der Waals surface area contributed by atoms with Gasteiger partial charge >= 0.3 is 0 Å². The highest BCUT2D eigenvalue weighted by Crippen LogP contribution is 2.44. The van der Waals surface area contributed by atoms with Crippen LogP contribution in [0.3, 0.4) is 0 Å². The third-order valence-corrected chi connectivity index (χ3v) is 4.69. The lowest BCUT2D eigenvalue weighted by Crippen LogP contribution is -2.56. The molecule has 24 heavy (non-hydrogen) atoms. The predicted molar refractivity (Wildman–Crippen MR) is 96.7 cm³/mol. The third kappa shape index (κ3) is 2.61. The second-order valence-corrected chi connectivity index (χ2v) is 6.20. The number of carbonyl (C=O) groups is 1. The Kier molecular flexibility index (Phi) is 3.87. The Morgan fingerprint density at radius 1 is 0.708 bits per heavy atom. The summed E-state index contributed by atoms with van der Waals surface area (Å²) in [7, 11) is 0. The van der Waals surface area contributed by atoms with Gasteiger partial charge in [-0.15, -0.1) is 0 Å². The summed E-state index contributed by atoms with van der Waals surface area (Å²) in [4.78, 5) is 14.8. The van der Waals surface area contributed by atoms with Crippen LogP contribution in [0.4, 0.5) is 5.69 Å². The van der Waals surface area contributed by atoms with Gasteiger partial charge in [-0.05, 0) is 29.7 Å². The highest BCUT2D eigenvalue weighted by molar-refractivity contribution is 6.03. The Morgan fingerprint density at radius 2 is 1.25 bits per heavy atom. The summed E-state index contributed by atoms with van der Waals surface area (Å²) >= 11 is 0. The van der Waals surface area contributed by atoms with E-state index in [1.54, 1.807) is 0 Å². The molecule has 3 aromatic carbocycles. The summed E-state index contributed by atoms with van der Waals surface area (Å²) in [5.41, 5.74) is 3.38. The van der Waals surface area contributed by atoms with Crippen LogP contribution in [0.5, 0.6) is 0 Å². The maximum absolute atomic E-state index is 12.9. The van der Waals surface area contributed by atoms with Crippen LogP contribution in [-0.4, -0.2) is 5.91 Å². The van der Waals surface area contributed by atoms with Gasteiger partial charge in [0.05, 0.1) is 12.0 Å². The van der Waals surface area contributed by atoms with Gasteiger partial charge in [0.25, 0.3) is 0 Å². The van der Waals surface area contributed by atoms with E-state index in [-0.39, 0.29) is 17.9 Å². The Hall–Kier alpha value is -2.87. The fourth-order valence-corrected chi connectivity index (χ4v) is 3.52. The van der Waals surface area contributed by atoms with Gasteiger partial charge in [0.2, 0.25) is 5.91 Å². The molecule has 3 aromatic rings. The highest BCUT2D eigenvalue weighted by Gasteiger charge is 2.48. The standard InChI is InChI=1S/C22H19NO/c24-22-20(16-17-10-4-1-5-11-17)21(18-12-6-2-7-13-18)23(22)19-14-8-3-9-15-19/h1-15,20-21H,16H2/t20-,21+/m0/s1. The highest BCUT2D eigenvalue weighted by atomic mass is 16.2. The first-order valence-corrected chi connectivity index (χ1v) is 8.31. The van der Waals surface area contributed by atoms with E-state index in [2.05, 4.69) is 24.3 Å². The van der Waals surface area contributed by atoms with E-state index >= 15 is 0 Å². The summed E-state index contributed by atoms with van der Waals surface area (Å²) in [5.74, 6) is 0.203. The first-order chi connectivity index (χ1) is 11.8. The molecule has 4 rings (SSSR count). The number of hydrogen-bond donors (Lipinski definition) is 0. The van der Waals surface area contributed by atoms with Crippen LogP contribution < -0.4 is 4.90 Å². The summed E-state index contributed by atoms with van der Waals surface area (Å²) in [6, 6.07) is 30.7. The Labute approximate surface area is 142 Å². The molecule has 0 aromatic heterocycles. The van der Waals surface area contributed by atoms with E-state index in [4.69, 9.17) is 0 Å². The lowest BCUT2D eigenvalue weighted by Gasteiger charge is -2.47. The molecule has 0 bridgehead atoms. The molecule has 1 saturated heterocycles. The number of carbonyl (C=O) groups excluding carboxylic acids is 1. The van der Waals surface area contributed by atoms with E-state index in [0.29, 0.717) is 0 Å². The van der Waals surface area contributed by atoms with Crippen molar-refractivity contribution >= 4 is 11.6 Å². The number of rotatable bonds is 4. The van der Waals surface area contributed by atoms with Crippen LogP contribution in [-0.2, 0) is 11.2 Å². The van der Waals surface area contributed by atoms with Gasteiger partial charge in [0.15, 0.2) is 0 Å². The Balaban J connectivity index is 1.68. The van der Waals surface area contributed by atoms with Crippen molar-refractivity contribution in [1.82, 2.24) is 0 Å². The van der Waals surface area contributed by atoms with Crippen molar-refractivity contribution in [1.29, 1.82) is 0 Å². The summed E-state index contributed by atoms with van der Waals surface area (Å²) in [6.07, 6.45) is 0.780. The summed E-state index contributed by atoms with van der Waals surface area (Å²) in [5, 5.41) is 0. The molecule has 1 aliphatic heterocycles. The zero-order valence-electron chi connectivity index (χ0n) is 13.4. The molecule has 1 amide bonds. The van der Waals surface area contributed by atoms with Crippen molar-refractivity contribution in [3.63, 3.8) is 0 Å². The van der Waals surface area contributed by atoms with E-state index < -0.39 is 0 Å². The molecule has 0 unspecified atom stereocenters. The van der Waals surface area contributed by atoms with E-state index in [9.17, 15) is 4.79 Å². The second-order valence-electron chi connectivity index (χ2n) is 6.20. The number of para-hydroxylation sites is 1. The van der Waals surface area contributed by atoms with E-state index in [0.717, 1.165) is 12.1 Å². The molecule has 2 atom stereocenters. The van der Waals surface area contributed by atoms with Crippen molar-refractivity contribution in [2.45, 2.75) is 12.5 Å². The van der Waals surface area contributed by atoms with Gasteiger partial charge in [-0.2, -0.15) is 0 Å². The van der Waals surface area contributed by atoms with Crippen LogP contribution in [0.15, 0.2) is 91.0 Å². The van der Waals surface area contributed by atoms with E-state index in [1.807, 2.05) is 71.6 Å². The molecular formula is C22H19NO. The maximum atomic E-state index is 12.9. The molecule has 0 spiro atoms. The number of amides is 1. The fourth-order valence-electron chi connectivity index (χ4n) is 3.52. The monoisotopic (exact) mass is 313 g/mol. The average Bonchev–Trinajstić information content (AvgIpc) is 2.66. The minimum absolute atomic E-state index is 0.00462. The van der Waals surface area contributed by atoms with Crippen LogP contribution in [0.25, 0.3) is 0 Å². The van der Waals surface area contributed by atoms with Gasteiger partial charge < -0.3 is 4.90 Å². The number of anilines is 1. The minimum atomic E-state index is -0.00462. The molecule has 1 fully saturated rings. The largest absolute Gasteiger partial charge is 0.304 e. The maximum Gasteiger partial charge on any atom is 0.233 e. The number of benzene rings is 3. The van der Waals surface area contributed by atoms with Gasteiger partial charge in [0, 0.05) is 5.69 Å². The van der Waals surface area contributed by atoms with Gasteiger partial charge in [-0.3, -0.25) is 4.79 Å². The number of nitrogens with zero attached hydrogens (tertiary/aromatic N) is 1. The lowest BCUT2D eigenvalue weighted by atomic mass is 9.78. The van der Waals surface area contributed by atoms with Crippen molar-refractivity contribution in [3.05, 3.63) is 102 Å². The Morgan fingerprint density at radius 3 is 1.88 bits per heavy atom. The van der Waals surface area contributed by atoms with Gasteiger partial charge in [-0.25, -0.2) is 0 Å². The summed E-state index contributed by atoms with van der Waals surface area (Å²) in [6.45, 7) is 0. The Bertz CT molecular complexity index is 814. The first-order valence-electron chi connectivity index (χ1n) is 8.31. The van der Waals surface area contributed by atoms with Crippen molar-refractivity contribution in [3.8, 4) is 0 Å². The minimum Gasteiger partial charge on any atom is -0.304 e. The number of hydrogen-bond acceptors (Lipinski definition) is 1. The van der Waals surface area contributed by atoms with Crippen molar-refractivity contribution in [2.24, 2.45) is 5.92 Å². The van der Waals surface area contributed by atoms with Gasteiger partial charge in [0.1, 0.15) is 0 Å². The lowest BCUT2D eigenvalue weighted by molar-refractivity contribution is -0.130. The molecular weight excluding hydrogens is 294 g/mol. The van der Waals surface area contributed by atoms with Crippen molar-refractivity contribution < 1.29 is 4.79 Å². The zero-order chi connectivity index (χ0) is 16.4. The second kappa shape index (κ2) is 6.32. The van der Waals surface area contributed by atoms with Crippen LogP contribution >= 0.6 is 0 Å².